The molecule has 0 rings (SSSR count). The molecule has 0 atom stereocenters. The number of carbonyl (C=O) groups excluding carboxylic acids is 1. The molecule has 0 aliphatic heterocycles. The van der Waals surface area contributed by atoms with Gasteiger partial charge in [-0.15, -0.1) is 0 Å². The van der Waals surface area contributed by atoms with E-state index in [0.717, 1.165) is 19.3 Å². The van der Waals surface area contributed by atoms with E-state index in [1.807, 2.05) is 0 Å². The van der Waals surface area contributed by atoms with Gasteiger partial charge in [-0.05, 0) is 38.5 Å². The molecule has 0 aromatic rings. The summed E-state index contributed by atoms with van der Waals surface area (Å²) in [4.78, 5) is 10.2. The minimum absolute atomic E-state index is 0. The molecule has 0 aliphatic rings. The van der Waals surface area contributed by atoms with E-state index in [1.165, 1.54) is 64.2 Å². The van der Waals surface area contributed by atoms with Crippen molar-refractivity contribution in [2.75, 3.05) is 0 Å². The minimum Gasteiger partial charge on any atom is -0.550 e. The van der Waals surface area contributed by atoms with Crippen molar-refractivity contribution in [1.29, 1.82) is 0 Å². The van der Waals surface area contributed by atoms with Crippen LogP contribution >= 0.6 is 0 Å². The van der Waals surface area contributed by atoms with Gasteiger partial charge in [0.2, 0.25) is 0 Å². The van der Waals surface area contributed by atoms with E-state index in [2.05, 4.69) is 19.1 Å². The molecule has 0 aromatic heterocycles. The summed E-state index contributed by atoms with van der Waals surface area (Å²) < 4.78 is 0. The van der Waals surface area contributed by atoms with Crippen molar-refractivity contribution in [3.8, 4) is 0 Å². The van der Waals surface area contributed by atoms with Gasteiger partial charge in [-0.1, -0.05) is 70.4 Å². The molecule has 118 valence electrons. The van der Waals surface area contributed by atoms with Gasteiger partial charge in [0.15, 0.2) is 0 Å². The molecular formula is C18H33KO2. The average molecular weight is 322 g/mol. The topological polar surface area (TPSA) is 40.1 Å². The molecule has 0 bridgehead atoms. The van der Waals surface area contributed by atoms with Gasteiger partial charge in [0.1, 0.15) is 0 Å². The van der Waals surface area contributed by atoms with Crippen molar-refractivity contribution in [1.82, 2.24) is 0 Å². The minimum atomic E-state index is -0.914. The number of carboxylic acid groups (broad SMARTS) is 1. The molecule has 0 radical (unpaired) electrons. The molecule has 0 aliphatic carbocycles. The first-order valence-corrected chi connectivity index (χ1v) is 8.62. The third kappa shape index (κ3) is 23.2. The van der Waals surface area contributed by atoms with E-state index in [-0.39, 0.29) is 57.8 Å². The van der Waals surface area contributed by atoms with Crippen LogP contribution in [0.3, 0.4) is 0 Å². The summed E-state index contributed by atoms with van der Waals surface area (Å²) >= 11 is 0. The molecule has 21 heavy (non-hydrogen) atoms. The Morgan fingerprint density at radius 1 is 0.762 bits per heavy atom. The van der Waals surface area contributed by atoms with Crippen LogP contribution in [0.25, 0.3) is 0 Å². The number of hydrogen-bond acceptors (Lipinski definition) is 2. The van der Waals surface area contributed by atoms with Gasteiger partial charge in [-0.2, -0.15) is 0 Å². The normalized spacial score (nSPS) is 10.7. The molecule has 0 saturated carbocycles. The van der Waals surface area contributed by atoms with E-state index >= 15 is 0 Å². The van der Waals surface area contributed by atoms with Gasteiger partial charge in [0, 0.05) is 5.97 Å². The van der Waals surface area contributed by atoms with Crippen LogP contribution in [0.2, 0.25) is 0 Å². The summed E-state index contributed by atoms with van der Waals surface area (Å²) in [6.45, 7) is 2.26. The number of rotatable bonds is 15. The van der Waals surface area contributed by atoms with Gasteiger partial charge in [-0.25, -0.2) is 0 Å². The van der Waals surface area contributed by atoms with Gasteiger partial charge < -0.3 is 9.90 Å². The Bertz CT molecular complexity index is 239. The Morgan fingerprint density at radius 3 is 1.67 bits per heavy atom. The first-order valence-electron chi connectivity index (χ1n) is 8.62. The van der Waals surface area contributed by atoms with Crippen LogP contribution in [0.4, 0.5) is 0 Å². The molecule has 0 heterocycles. The summed E-state index contributed by atoms with van der Waals surface area (Å²) in [5, 5.41) is 10.2. The van der Waals surface area contributed by atoms with E-state index in [9.17, 15) is 9.90 Å². The summed E-state index contributed by atoms with van der Waals surface area (Å²) in [5.74, 6) is -0.914. The number of allylic oxidation sites excluding steroid dienone is 2. The first-order chi connectivity index (χ1) is 9.77. The molecular weight excluding hydrogens is 288 g/mol. The van der Waals surface area contributed by atoms with Crippen molar-refractivity contribution < 1.29 is 61.3 Å². The Balaban J connectivity index is 0. The van der Waals surface area contributed by atoms with Crippen molar-refractivity contribution in [2.45, 2.75) is 96.8 Å². The largest absolute Gasteiger partial charge is 1.00 e. The van der Waals surface area contributed by atoms with E-state index in [0.29, 0.717) is 0 Å². The third-order valence-corrected chi connectivity index (χ3v) is 3.64. The van der Waals surface area contributed by atoms with Crippen LogP contribution in [-0.4, -0.2) is 5.97 Å². The summed E-state index contributed by atoms with van der Waals surface area (Å²) in [5.41, 5.74) is 0. The fourth-order valence-corrected chi connectivity index (χ4v) is 2.34. The maximum atomic E-state index is 10.2. The van der Waals surface area contributed by atoms with Crippen molar-refractivity contribution >= 4 is 5.97 Å². The summed E-state index contributed by atoms with van der Waals surface area (Å²) in [6, 6.07) is 0. The number of carboxylic acids is 1. The fraction of sp³-hybridized carbons (Fsp3) is 0.833. The van der Waals surface area contributed by atoms with E-state index in [1.54, 1.807) is 0 Å². The molecule has 2 nitrogen and oxygen atoms in total. The molecule has 0 saturated heterocycles. The molecule has 0 aromatic carbocycles. The Labute approximate surface area is 174 Å². The maximum Gasteiger partial charge on any atom is 1.00 e. The van der Waals surface area contributed by atoms with E-state index in [4.69, 9.17) is 0 Å². The summed E-state index contributed by atoms with van der Waals surface area (Å²) in [7, 11) is 0. The monoisotopic (exact) mass is 321 g/mol. The van der Waals surface area contributed by atoms with Gasteiger partial charge in [-0.3, -0.25) is 0 Å². The van der Waals surface area contributed by atoms with Crippen LogP contribution in [0.1, 0.15) is 96.8 Å². The molecule has 0 unspecified atom stereocenters. The van der Waals surface area contributed by atoms with Gasteiger partial charge in [0.25, 0.3) is 0 Å². The number of unbranched alkanes of at least 4 members (excludes halogenated alkanes) is 11. The predicted octanol–water partition coefficient (Wildman–Crippen LogP) is 1.78. The van der Waals surface area contributed by atoms with E-state index < -0.39 is 5.97 Å². The van der Waals surface area contributed by atoms with Crippen LogP contribution in [0, 0.1) is 0 Å². The summed E-state index contributed by atoms with van der Waals surface area (Å²) in [6.07, 6.45) is 20.9. The first kappa shape index (κ1) is 24.1. The maximum absolute atomic E-state index is 10.2. The van der Waals surface area contributed by atoms with Gasteiger partial charge >= 0.3 is 51.4 Å². The molecule has 0 N–H and O–H groups in total. The molecule has 0 amide bonds. The van der Waals surface area contributed by atoms with Crippen LogP contribution in [-0.2, 0) is 4.79 Å². The van der Waals surface area contributed by atoms with Gasteiger partial charge in [0.05, 0.1) is 0 Å². The number of aliphatic carboxylic acids is 1. The Hall–Kier alpha value is 0.846. The number of hydrogen-bond donors (Lipinski definition) is 0. The standard InChI is InChI=1S/C18H34O2.K/c1-2-3-4-5-6-7-8-9-10-11-12-13-14-15-16-17-18(19)20;/h9-10H,2-8,11-17H2,1H3,(H,19,20);/q;+1/p-1/b10-9+;/i18+1;. The smallest absolute Gasteiger partial charge is 0.550 e. The Morgan fingerprint density at radius 2 is 1.19 bits per heavy atom. The number of carbonyl (C=O) groups is 1. The SMILES string of the molecule is CCCCCCCC/C=C/CCCCCCC[13C](=O)[O-].[K+]. The second kappa shape index (κ2) is 20.8. The zero-order chi connectivity index (χ0) is 14.9. The second-order valence-corrected chi connectivity index (χ2v) is 5.71. The molecule has 3 heteroatoms. The second-order valence-electron chi connectivity index (χ2n) is 5.71. The predicted molar refractivity (Wildman–Crippen MR) is 84.5 cm³/mol. The van der Waals surface area contributed by atoms with Crippen molar-refractivity contribution in [3.63, 3.8) is 0 Å². The zero-order valence-corrected chi connectivity index (χ0v) is 17.5. The van der Waals surface area contributed by atoms with Crippen molar-refractivity contribution in [3.05, 3.63) is 12.2 Å². The fourth-order valence-electron chi connectivity index (χ4n) is 2.34. The van der Waals surface area contributed by atoms with Crippen LogP contribution in [0.15, 0.2) is 12.2 Å². The van der Waals surface area contributed by atoms with Crippen LogP contribution < -0.4 is 56.5 Å². The van der Waals surface area contributed by atoms with Crippen LogP contribution in [0.5, 0.6) is 0 Å². The molecule has 0 spiro atoms. The zero-order valence-electron chi connectivity index (χ0n) is 14.4. The van der Waals surface area contributed by atoms with Crippen molar-refractivity contribution in [2.24, 2.45) is 0 Å². The Kier molecular flexibility index (Phi) is 23.9. The average Bonchev–Trinajstić information content (AvgIpc) is 2.43. The molecule has 0 fully saturated rings. The quantitative estimate of drug-likeness (QED) is 0.200. The third-order valence-electron chi connectivity index (χ3n) is 3.64.